The fourth-order valence-corrected chi connectivity index (χ4v) is 4.52. The van der Waals surface area contributed by atoms with Crippen molar-refractivity contribution >= 4 is 21.2 Å². The molecule has 0 bridgehead atoms. The summed E-state index contributed by atoms with van der Waals surface area (Å²) in [4.78, 5) is 48.4. The van der Waals surface area contributed by atoms with Crippen molar-refractivity contribution in [3.8, 4) is 0 Å². The monoisotopic (exact) mass is 456 g/mol. The van der Waals surface area contributed by atoms with Crippen molar-refractivity contribution in [2.75, 3.05) is 0 Å². The van der Waals surface area contributed by atoms with Crippen LogP contribution in [0.1, 0.15) is 97.3 Å². The highest BCUT2D eigenvalue weighted by Crippen LogP contribution is 2.69. The van der Waals surface area contributed by atoms with Crippen molar-refractivity contribution in [1.29, 1.82) is 0 Å². The van der Waals surface area contributed by atoms with E-state index in [9.17, 15) is 13.9 Å². The molecule has 0 heterocycles. The van der Waals surface area contributed by atoms with Crippen LogP contribution in [0.4, 0.5) is 0 Å². The Hall–Kier alpha value is -0.490. The summed E-state index contributed by atoms with van der Waals surface area (Å²) in [6, 6.07) is 0. The molecule has 10 heteroatoms. The molecule has 0 aromatic rings. The van der Waals surface area contributed by atoms with Crippen LogP contribution in [0.25, 0.3) is 0 Å². The zero-order valence-electron chi connectivity index (χ0n) is 17.7. The second-order valence-electron chi connectivity index (χ2n) is 7.48. The van der Waals surface area contributed by atoms with Crippen LogP contribution in [0.15, 0.2) is 12.2 Å². The quantitative estimate of drug-likeness (QED) is 0.101. The van der Waals surface area contributed by atoms with E-state index in [0.29, 0.717) is 13.3 Å². The van der Waals surface area contributed by atoms with Gasteiger partial charge in [0.25, 0.3) is 0 Å². The molecule has 0 amide bonds. The molecular formula is C19H38O8P2. The predicted octanol–water partition coefficient (Wildman–Crippen LogP) is 5.21. The normalized spacial score (nSPS) is 13.2. The summed E-state index contributed by atoms with van der Waals surface area (Å²) in [5, 5.41) is -3.14. The van der Waals surface area contributed by atoms with Gasteiger partial charge in [-0.15, -0.1) is 0 Å². The maximum absolute atomic E-state index is 11.8. The van der Waals surface area contributed by atoms with Gasteiger partial charge in [-0.05, 0) is 39.0 Å². The van der Waals surface area contributed by atoms with Crippen LogP contribution in [0.5, 0.6) is 0 Å². The minimum atomic E-state index is -5.35. The number of hydrogen-bond acceptors (Lipinski definition) is 4. The first-order chi connectivity index (χ1) is 13.5. The van der Waals surface area contributed by atoms with E-state index in [1.54, 1.807) is 0 Å². The first-order valence-electron chi connectivity index (χ1n) is 10.4. The van der Waals surface area contributed by atoms with Gasteiger partial charge in [0.15, 0.2) is 0 Å². The third-order valence-electron chi connectivity index (χ3n) is 4.78. The van der Waals surface area contributed by atoms with E-state index in [1.165, 1.54) is 38.5 Å². The summed E-state index contributed by atoms with van der Waals surface area (Å²) in [7, 11) is -10.7. The van der Waals surface area contributed by atoms with Gasteiger partial charge in [-0.1, -0.05) is 64.0 Å². The highest BCUT2D eigenvalue weighted by Gasteiger charge is 2.60. The molecule has 172 valence electrons. The van der Waals surface area contributed by atoms with Gasteiger partial charge in [0.05, 0.1) is 0 Å². The van der Waals surface area contributed by atoms with Crippen molar-refractivity contribution in [2.24, 2.45) is 0 Å². The van der Waals surface area contributed by atoms with Gasteiger partial charge in [-0.2, -0.15) is 0 Å². The lowest BCUT2D eigenvalue weighted by Crippen LogP contribution is -2.31. The summed E-state index contributed by atoms with van der Waals surface area (Å²) in [6.07, 6.45) is 17.1. The average Bonchev–Trinajstić information content (AvgIpc) is 2.60. The van der Waals surface area contributed by atoms with Gasteiger partial charge >= 0.3 is 26.2 Å². The Kier molecular flexibility index (Phi) is 14.3. The minimum absolute atomic E-state index is 0.149. The van der Waals surface area contributed by atoms with Crippen molar-refractivity contribution in [3.05, 3.63) is 12.2 Å². The second kappa shape index (κ2) is 14.5. The van der Waals surface area contributed by atoms with Gasteiger partial charge in [-0.3, -0.25) is 13.9 Å². The molecule has 0 spiro atoms. The van der Waals surface area contributed by atoms with Gasteiger partial charge in [0.2, 0.25) is 0 Å². The van der Waals surface area contributed by atoms with Crippen LogP contribution >= 0.6 is 15.2 Å². The molecule has 0 aliphatic rings. The molecule has 0 fully saturated rings. The number of carbonyl (C=O) groups excluding carboxylic acids is 1. The van der Waals surface area contributed by atoms with E-state index in [4.69, 9.17) is 19.6 Å². The number of esters is 1. The molecule has 0 aliphatic heterocycles. The number of carbonyl (C=O) groups is 1. The lowest BCUT2D eigenvalue weighted by molar-refractivity contribution is -0.148. The molecule has 0 unspecified atom stereocenters. The van der Waals surface area contributed by atoms with E-state index in [0.717, 1.165) is 32.1 Å². The summed E-state index contributed by atoms with van der Waals surface area (Å²) in [6.45, 7) is 2.77. The molecule has 0 atom stereocenters. The zero-order valence-corrected chi connectivity index (χ0v) is 19.5. The Balaban J connectivity index is 3.88. The standard InChI is InChI=1S/C19H38O8P2/c1-3-4-5-6-7-8-9-10-11-12-13-14-15-16-17-18(20)27-19(2,28(21,22)23)29(24,25)26/h10-11H,3-9,12-17H2,1-2H3,(H2,21,22,23)(H2,24,25,26)/b11-10-. The molecule has 8 nitrogen and oxygen atoms in total. The minimum Gasteiger partial charge on any atom is -0.433 e. The third kappa shape index (κ3) is 12.1. The van der Waals surface area contributed by atoms with E-state index in [1.807, 2.05) is 0 Å². The maximum atomic E-state index is 11.8. The third-order valence-corrected chi connectivity index (χ3v) is 8.69. The fraction of sp³-hybridized carbons (Fsp3) is 0.842. The summed E-state index contributed by atoms with van der Waals surface area (Å²) < 4.78 is 27.2. The van der Waals surface area contributed by atoms with Gasteiger partial charge in [-0.25, -0.2) is 0 Å². The average molecular weight is 456 g/mol. The van der Waals surface area contributed by atoms with Crippen LogP contribution in [0.2, 0.25) is 0 Å². The molecular weight excluding hydrogens is 418 g/mol. The number of allylic oxidation sites excluding steroid dienone is 2. The number of ether oxygens (including phenoxy) is 1. The number of unbranched alkanes of at least 4 members (excludes halogenated alkanes) is 10. The Bertz CT molecular complexity index is 557. The van der Waals surface area contributed by atoms with E-state index >= 15 is 0 Å². The van der Waals surface area contributed by atoms with Gasteiger partial charge < -0.3 is 24.3 Å². The Morgan fingerprint density at radius 3 is 1.66 bits per heavy atom. The summed E-state index contributed by atoms with van der Waals surface area (Å²) in [5.41, 5.74) is 0. The largest absolute Gasteiger partial charge is 0.433 e. The Morgan fingerprint density at radius 2 is 1.21 bits per heavy atom. The molecule has 4 N–H and O–H groups in total. The topological polar surface area (TPSA) is 141 Å². The Morgan fingerprint density at radius 1 is 0.793 bits per heavy atom. The molecule has 0 aromatic heterocycles. The first-order valence-corrected chi connectivity index (χ1v) is 13.7. The highest BCUT2D eigenvalue weighted by molar-refractivity contribution is 7.72. The van der Waals surface area contributed by atoms with Crippen molar-refractivity contribution in [1.82, 2.24) is 0 Å². The molecule has 0 saturated carbocycles. The smallest absolute Gasteiger partial charge is 0.381 e. The summed E-state index contributed by atoms with van der Waals surface area (Å²) >= 11 is 0. The van der Waals surface area contributed by atoms with Crippen molar-refractivity contribution in [3.63, 3.8) is 0 Å². The first kappa shape index (κ1) is 28.5. The van der Waals surface area contributed by atoms with E-state index in [-0.39, 0.29) is 6.42 Å². The molecule has 0 rings (SSSR count). The molecule has 29 heavy (non-hydrogen) atoms. The van der Waals surface area contributed by atoms with Crippen LogP contribution in [-0.4, -0.2) is 30.6 Å². The van der Waals surface area contributed by atoms with Gasteiger partial charge in [0, 0.05) is 6.42 Å². The molecule has 0 saturated heterocycles. The van der Waals surface area contributed by atoms with E-state index in [2.05, 4.69) is 23.8 Å². The van der Waals surface area contributed by atoms with Crippen LogP contribution < -0.4 is 0 Å². The second-order valence-corrected chi connectivity index (χ2v) is 11.7. The highest BCUT2D eigenvalue weighted by atomic mass is 31.2. The lowest BCUT2D eigenvalue weighted by atomic mass is 10.1. The van der Waals surface area contributed by atoms with Crippen LogP contribution in [0.3, 0.4) is 0 Å². The van der Waals surface area contributed by atoms with Crippen LogP contribution in [0, 0.1) is 0 Å². The lowest BCUT2D eigenvalue weighted by Gasteiger charge is -2.30. The molecule has 0 aromatic carbocycles. The summed E-state index contributed by atoms with van der Waals surface area (Å²) in [5.74, 6) is -1.03. The molecule has 0 radical (unpaired) electrons. The Labute approximate surface area is 174 Å². The van der Waals surface area contributed by atoms with Crippen molar-refractivity contribution in [2.45, 2.75) is 102 Å². The van der Waals surface area contributed by atoms with Crippen LogP contribution in [-0.2, 0) is 18.7 Å². The zero-order chi connectivity index (χ0) is 22.4. The van der Waals surface area contributed by atoms with E-state index < -0.39 is 26.2 Å². The fourth-order valence-electron chi connectivity index (χ4n) is 2.72. The number of rotatable bonds is 17. The SMILES string of the molecule is CCCCCCCC/C=C\CCCCCCC(=O)OC(C)(P(=O)(O)O)P(=O)(O)O. The molecule has 0 aliphatic carbocycles. The number of hydrogen-bond donors (Lipinski definition) is 4. The van der Waals surface area contributed by atoms with Crippen molar-refractivity contribution < 1.29 is 38.2 Å². The predicted molar refractivity (Wildman–Crippen MR) is 113 cm³/mol. The maximum Gasteiger partial charge on any atom is 0.381 e. The van der Waals surface area contributed by atoms with Gasteiger partial charge in [0.1, 0.15) is 0 Å².